The van der Waals surface area contributed by atoms with E-state index in [1.54, 1.807) is 48.5 Å². The Morgan fingerprint density at radius 3 is 2.48 bits per heavy atom. The molecule has 3 rings (SSSR count). The number of carboxylic acids is 1. The Labute approximate surface area is 132 Å². The average Bonchev–Trinajstić information content (AvgIpc) is 2.89. The molecule has 6 heteroatoms. The number of nitro groups is 1. The highest BCUT2D eigenvalue weighted by Gasteiger charge is 2.59. The molecule has 1 N–H and O–H groups in total. The molecule has 6 nitrogen and oxygen atoms in total. The van der Waals surface area contributed by atoms with E-state index < -0.39 is 22.5 Å². The van der Waals surface area contributed by atoms with Gasteiger partial charge in [-0.2, -0.15) is 0 Å². The molecular formula is C17H15NO5. The minimum Gasteiger partial charge on any atom is -0.481 e. The standard InChI is InChI=1S/C17H15NO5/c19-15(20)10-11-17(18(21)22)16(12-6-2-1-3-7-12)13-8-4-5-9-14(13)23-17/h1-9,16H,10-11H2,(H,19,20). The Balaban J connectivity index is 2.14. The predicted molar refractivity (Wildman–Crippen MR) is 82.0 cm³/mol. The lowest BCUT2D eigenvalue weighted by molar-refractivity contribution is -0.616. The Morgan fingerprint density at radius 1 is 1.17 bits per heavy atom. The fourth-order valence-electron chi connectivity index (χ4n) is 3.11. The molecule has 1 aliphatic rings. The van der Waals surface area contributed by atoms with Crippen LogP contribution in [0.4, 0.5) is 0 Å². The zero-order valence-electron chi connectivity index (χ0n) is 12.2. The summed E-state index contributed by atoms with van der Waals surface area (Å²) in [6, 6.07) is 16.0. The maximum atomic E-state index is 11.9. The molecule has 2 unspecified atom stereocenters. The van der Waals surface area contributed by atoms with E-state index in [0.29, 0.717) is 11.3 Å². The van der Waals surface area contributed by atoms with Crippen molar-refractivity contribution in [3.63, 3.8) is 0 Å². The second-order valence-corrected chi connectivity index (χ2v) is 5.48. The van der Waals surface area contributed by atoms with E-state index in [0.717, 1.165) is 5.56 Å². The molecule has 0 bridgehead atoms. The van der Waals surface area contributed by atoms with Crippen LogP contribution in [-0.4, -0.2) is 21.7 Å². The number of nitrogens with zero attached hydrogens (tertiary/aromatic N) is 1. The summed E-state index contributed by atoms with van der Waals surface area (Å²) >= 11 is 0. The van der Waals surface area contributed by atoms with Crippen LogP contribution in [0, 0.1) is 10.1 Å². The van der Waals surface area contributed by atoms with E-state index in [4.69, 9.17) is 9.84 Å². The number of hydrogen-bond donors (Lipinski definition) is 1. The molecule has 2 atom stereocenters. The molecule has 23 heavy (non-hydrogen) atoms. The van der Waals surface area contributed by atoms with Crippen LogP contribution in [0.5, 0.6) is 5.75 Å². The zero-order valence-corrected chi connectivity index (χ0v) is 12.2. The molecule has 0 aliphatic carbocycles. The lowest BCUT2D eigenvalue weighted by atomic mass is 9.82. The Kier molecular flexibility index (Phi) is 3.73. The number of hydrogen-bond acceptors (Lipinski definition) is 4. The van der Waals surface area contributed by atoms with Gasteiger partial charge in [-0.25, -0.2) is 0 Å². The minimum absolute atomic E-state index is 0.205. The quantitative estimate of drug-likeness (QED) is 0.677. The van der Waals surface area contributed by atoms with Crippen LogP contribution < -0.4 is 4.74 Å². The Hall–Kier alpha value is -2.89. The molecule has 118 valence electrons. The first-order valence-electron chi connectivity index (χ1n) is 7.24. The van der Waals surface area contributed by atoms with Gasteiger partial charge in [0, 0.05) is 5.56 Å². The van der Waals surface area contributed by atoms with E-state index in [1.807, 2.05) is 6.07 Å². The molecule has 0 amide bonds. The van der Waals surface area contributed by atoms with Gasteiger partial charge >= 0.3 is 11.7 Å². The van der Waals surface area contributed by atoms with Crippen molar-refractivity contribution in [2.45, 2.75) is 24.5 Å². The predicted octanol–water partition coefficient (Wildman–Crippen LogP) is 3.05. The first kappa shape index (κ1) is 15.0. The van der Waals surface area contributed by atoms with Gasteiger partial charge in [0.2, 0.25) is 0 Å². The van der Waals surface area contributed by atoms with E-state index in [-0.39, 0.29) is 12.8 Å². The SMILES string of the molecule is O=C(O)CCC1([N+](=O)[O-])Oc2ccccc2C1c1ccccc1. The minimum atomic E-state index is -1.80. The van der Waals surface area contributed by atoms with Gasteiger partial charge in [-0.3, -0.25) is 14.9 Å². The van der Waals surface area contributed by atoms with Crippen molar-refractivity contribution in [2.24, 2.45) is 0 Å². The van der Waals surface area contributed by atoms with Gasteiger partial charge in [0.15, 0.2) is 0 Å². The monoisotopic (exact) mass is 313 g/mol. The number of para-hydroxylation sites is 1. The fraction of sp³-hybridized carbons (Fsp3) is 0.235. The number of ether oxygens (including phenoxy) is 1. The third-order valence-corrected chi connectivity index (χ3v) is 4.11. The van der Waals surface area contributed by atoms with Crippen molar-refractivity contribution < 1.29 is 19.6 Å². The van der Waals surface area contributed by atoms with E-state index >= 15 is 0 Å². The summed E-state index contributed by atoms with van der Waals surface area (Å²) in [5.74, 6) is -1.30. The van der Waals surface area contributed by atoms with Gasteiger partial charge in [-0.15, -0.1) is 0 Å². The molecule has 0 radical (unpaired) electrons. The number of fused-ring (bicyclic) bond motifs is 1. The van der Waals surface area contributed by atoms with Crippen LogP contribution in [-0.2, 0) is 4.79 Å². The van der Waals surface area contributed by atoms with Gasteiger partial charge < -0.3 is 9.84 Å². The van der Waals surface area contributed by atoms with Gasteiger partial charge in [-0.05, 0) is 11.6 Å². The van der Waals surface area contributed by atoms with Gasteiger partial charge in [0.1, 0.15) is 11.7 Å². The van der Waals surface area contributed by atoms with Crippen molar-refractivity contribution in [3.05, 3.63) is 75.8 Å². The van der Waals surface area contributed by atoms with Crippen molar-refractivity contribution in [2.75, 3.05) is 0 Å². The van der Waals surface area contributed by atoms with Crippen molar-refractivity contribution in [3.8, 4) is 5.75 Å². The van der Waals surface area contributed by atoms with Gasteiger partial charge in [0.05, 0.1) is 17.8 Å². The molecule has 0 aromatic heterocycles. The lowest BCUT2D eigenvalue weighted by Gasteiger charge is -2.26. The van der Waals surface area contributed by atoms with Crippen LogP contribution in [0.15, 0.2) is 54.6 Å². The highest BCUT2D eigenvalue weighted by molar-refractivity contribution is 5.67. The summed E-state index contributed by atoms with van der Waals surface area (Å²) in [6.07, 6.45) is -0.540. The second-order valence-electron chi connectivity index (χ2n) is 5.48. The molecule has 0 spiro atoms. The lowest BCUT2D eigenvalue weighted by Crippen LogP contribution is -2.47. The molecule has 1 aliphatic heterocycles. The third-order valence-electron chi connectivity index (χ3n) is 4.11. The van der Waals surface area contributed by atoms with E-state index in [2.05, 4.69) is 0 Å². The first-order chi connectivity index (χ1) is 11.0. The molecule has 1 heterocycles. The van der Waals surface area contributed by atoms with Crippen molar-refractivity contribution >= 4 is 5.97 Å². The van der Waals surface area contributed by atoms with Gasteiger partial charge in [-0.1, -0.05) is 48.5 Å². The number of carboxylic acid groups (broad SMARTS) is 1. The summed E-state index contributed by atoms with van der Waals surface area (Å²) in [6.45, 7) is 0. The highest BCUT2D eigenvalue weighted by Crippen LogP contribution is 2.50. The summed E-state index contributed by atoms with van der Waals surface area (Å²) in [5.41, 5.74) is -0.357. The van der Waals surface area contributed by atoms with Crippen LogP contribution in [0.1, 0.15) is 29.9 Å². The largest absolute Gasteiger partial charge is 0.481 e. The molecule has 0 saturated carbocycles. The summed E-state index contributed by atoms with van der Waals surface area (Å²) in [7, 11) is 0. The Morgan fingerprint density at radius 2 is 1.83 bits per heavy atom. The topological polar surface area (TPSA) is 89.7 Å². The highest BCUT2D eigenvalue weighted by atomic mass is 16.7. The molecular weight excluding hydrogens is 298 g/mol. The Bertz CT molecular complexity index is 746. The third kappa shape index (κ3) is 2.52. The van der Waals surface area contributed by atoms with Gasteiger partial charge in [0.25, 0.3) is 0 Å². The number of benzene rings is 2. The average molecular weight is 313 g/mol. The maximum Gasteiger partial charge on any atom is 0.374 e. The van der Waals surface area contributed by atoms with Crippen LogP contribution in [0.3, 0.4) is 0 Å². The van der Waals surface area contributed by atoms with Crippen molar-refractivity contribution in [1.29, 1.82) is 0 Å². The van der Waals surface area contributed by atoms with Crippen LogP contribution in [0.25, 0.3) is 0 Å². The zero-order chi connectivity index (χ0) is 16.4. The molecule has 0 fully saturated rings. The van der Waals surface area contributed by atoms with Crippen LogP contribution >= 0.6 is 0 Å². The second kappa shape index (κ2) is 5.72. The summed E-state index contributed by atoms with van der Waals surface area (Å²) in [4.78, 5) is 22.3. The van der Waals surface area contributed by atoms with E-state index in [9.17, 15) is 14.9 Å². The fourth-order valence-corrected chi connectivity index (χ4v) is 3.11. The number of aliphatic carboxylic acids is 1. The molecule has 2 aromatic carbocycles. The first-order valence-corrected chi connectivity index (χ1v) is 7.24. The number of rotatable bonds is 5. The molecule has 0 saturated heterocycles. The number of carbonyl (C=O) groups is 1. The van der Waals surface area contributed by atoms with Crippen molar-refractivity contribution in [1.82, 2.24) is 0 Å². The van der Waals surface area contributed by atoms with E-state index in [1.165, 1.54) is 0 Å². The normalized spacial score (nSPS) is 22.2. The summed E-state index contributed by atoms with van der Waals surface area (Å²) < 4.78 is 5.71. The smallest absolute Gasteiger partial charge is 0.374 e. The molecule has 2 aromatic rings. The van der Waals surface area contributed by atoms with Crippen LogP contribution in [0.2, 0.25) is 0 Å². The maximum absolute atomic E-state index is 11.9. The summed E-state index contributed by atoms with van der Waals surface area (Å²) in [5, 5.41) is 20.8.